The molecule has 0 bridgehead atoms. The van der Waals surface area contributed by atoms with E-state index in [-0.39, 0.29) is 5.56 Å². The minimum Gasteiger partial charge on any atom is -0.459 e. The van der Waals surface area contributed by atoms with Crippen LogP contribution in [0.5, 0.6) is 0 Å². The molecule has 4 aromatic rings. The van der Waals surface area contributed by atoms with E-state index in [9.17, 15) is 4.79 Å². The second kappa shape index (κ2) is 5.43. The molecule has 4 rings (SSSR count). The molecule has 0 amide bonds. The second-order valence-electron chi connectivity index (χ2n) is 4.29. The van der Waals surface area contributed by atoms with Gasteiger partial charge in [-0.25, -0.2) is 4.98 Å². The lowest BCUT2D eigenvalue weighted by atomic mass is 10.4. The predicted octanol–water partition coefficient (Wildman–Crippen LogP) is 2.92. The van der Waals surface area contributed by atoms with Crippen molar-refractivity contribution < 1.29 is 8.83 Å². The van der Waals surface area contributed by atoms with Crippen molar-refractivity contribution in [3.63, 3.8) is 0 Å². The largest absolute Gasteiger partial charge is 0.459 e. The molecule has 0 aliphatic carbocycles. The van der Waals surface area contributed by atoms with Gasteiger partial charge in [-0.1, -0.05) is 11.8 Å². The summed E-state index contributed by atoms with van der Waals surface area (Å²) in [6, 6.07) is 5.31. The first-order valence-corrected chi connectivity index (χ1v) is 8.13. The third-order valence-electron chi connectivity index (χ3n) is 2.83. The summed E-state index contributed by atoms with van der Waals surface area (Å²) in [7, 11) is 0. The first kappa shape index (κ1) is 13.3. The Bertz CT molecular complexity index is 971. The van der Waals surface area contributed by atoms with Gasteiger partial charge in [0.25, 0.3) is 16.7 Å². The maximum atomic E-state index is 11.9. The summed E-state index contributed by atoms with van der Waals surface area (Å²) < 4.78 is 11.3. The van der Waals surface area contributed by atoms with Crippen LogP contribution in [0.25, 0.3) is 21.9 Å². The molecular weight excluding hydrogens is 324 g/mol. The van der Waals surface area contributed by atoms with Crippen LogP contribution in [0.2, 0.25) is 0 Å². The molecule has 0 aromatic carbocycles. The Balaban J connectivity index is 1.53. The van der Waals surface area contributed by atoms with E-state index in [1.807, 2.05) is 11.4 Å². The highest BCUT2D eigenvalue weighted by atomic mass is 32.2. The van der Waals surface area contributed by atoms with Crippen LogP contribution in [0.3, 0.4) is 0 Å². The number of H-pyrrole nitrogens is 1. The number of thioether (sulfide) groups is 1. The van der Waals surface area contributed by atoms with E-state index in [0.29, 0.717) is 38.7 Å². The standard InChI is InChI=1S/C13H8N4O3S2/c18-11-10-7(3-5-21-10)14-9(15-11)6-22-13-17-16-12(20-13)8-2-1-4-19-8/h1-5H,6H2,(H,14,15,18). The normalized spacial score (nSPS) is 11.3. The maximum absolute atomic E-state index is 11.9. The quantitative estimate of drug-likeness (QED) is 0.574. The Morgan fingerprint density at radius 2 is 2.27 bits per heavy atom. The van der Waals surface area contributed by atoms with Crippen molar-refractivity contribution >= 4 is 33.3 Å². The summed E-state index contributed by atoms with van der Waals surface area (Å²) in [6.07, 6.45) is 1.54. The molecule has 1 N–H and O–H groups in total. The number of rotatable bonds is 4. The minimum absolute atomic E-state index is 0.127. The molecule has 9 heteroatoms. The first-order chi connectivity index (χ1) is 10.8. The average Bonchev–Trinajstić information content (AvgIpc) is 3.25. The molecule has 0 fully saturated rings. The Morgan fingerprint density at radius 3 is 3.14 bits per heavy atom. The van der Waals surface area contributed by atoms with Gasteiger partial charge in [0.15, 0.2) is 5.76 Å². The molecule has 0 saturated heterocycles. The van der Waals surface area contributed by atoms with E-state index in [4.69, 9.17) is 8.83 Å². The van der Waals surface area contributed by atoms with Gasteiger partial charge in [0.1, 0.15) is 10.5 Å². The summed E-state index contributed by atoms with van der Waals surface area (Å²) >= 11 is 2.67. The van der Waals surface area contributed by atoms with Crippen molar-refractivity contribution in [2.45, 2.75) is 11.0 Å². The Kier molecular flexibility index (Phi) is 3.28. The van der Waals surface area contributed by atoms with Gasteiger partial charge in [0.05, 0.1) is 17.5 Å². The van der Waals surface area contributed by atoms with Crippen LogP contribution in [0.1, 0.15) is 5.82 Å². The van der Waals surface area contributed by atoms with E-state index in [1.54, 1.807) is 12.1 Å². The van der Waals surface area contributed by atoms with E-state index >= 15 is 0 Å². The van der Waals surface area contributed by atoms with E-state index in [1.165, 1.54) is 29.4 Å². The zero-order chi connectivity index (χ0) is 14.9. The van der Waals surface area contributed by atoms with Crippen LogP contribution in [0, 0.1) is 0 Å². The monoisotopic (exact) mass is 332 g/mol. The number of nitrogens with one attached hydrogen (secondary N) is 1. The molecule has 110 valence electrons. The second-order valence-corrected chi connectivity index (χ2v) is 6.13. The Morgan fingerprint density at radius 1 is 1.32 bits per heavy atom. The van der Waals surface area contributed by atoms with Gasteiger partial charge < -0.3 is 13.8 Å². The third kappa shape index (κ3) is 2.44. The van der Waals surface area contributed by atoms with Crippen LogP contribution in [0.15, 0.2) is 48.7 Å². The number of furan rings is 1. The van der Waals surface area contributed by atoms with Crippen LogP contribution >= 0.6 is 23.1 Å². The van der Waals surface area contributed by atoms with Crippen LogP contribution < -0.4 is 5.56 Å². The molecule has 4 aromatic heterocycles. The molecule has 0 aliphatic heterocycles. The maximum Gasteiger partial charge on any atom is 0.284 e. The molecule has 0 saturated carbocycles. The summed E-state index contributed by atoms with van der Waals surface area (Å²) in [6.45, 7) is 0. The molecule has 0 spiro atoms. The number of hydrogen-bond acceptors (Lipinski definition) is 8. The van der Waals surface area contributed by atoms with Gasteiger partial charge in [-0.2, -0.15) is 0 Å². The lowest BCUT2D eigenvalue weighted by Gasteiger charge is -1.97. The van der Waals surface area contributed by atoms with Crippen molar-refractivity contribution in [2.24, 2.45) is 0 Å². The molecule has 0 radical (unpaired) electrons. The molecule has 22 heavy (non-hydrogen) atoms. The van der Waals surface area contributed by atoms with E-state index in [2.05, 4.69) is 20.2 Å². The molecule has 4 heterocycles. The molecule has 0 unspecified atom stereocenters. The van der Waals surface area contributed by atoms with Gasteiger partial charge in [0.2, 0.25) is 0 Å². The van der Waals surface area contributed by atoms with E-state index in [0.717, 1.165) is 0 Å². The fraction of sp³-hybridized carbons (Fsp3) is 0.0769. The topological polar surface area (TPSA) is 97.8 Å². The summed E-state index contributed by atoms with van der Waals surface area (Å²) in [5.41, 5.74) is 0.573. The Hall–Kier alpha value is -2.39. The van der Waals surface area contributed by atoms with Crippen molar-refractivity contribution in [3.05, 3.63) is 46.0 Å². The predicted molar refractivity (Wildman–Crippen MR) is 81.8 cm³/mol. The first-order valence-electron chi connectivity index (χ1n) is 6.26. The van der Waals surface area contributed by atoms with Gasteiger partial charge in [0, 0.05) is 0 Å². The van der Waals surface area contributed by atoms with Crippen LogP contribution in [-0.4, -0.2) is 20.2 Å². The third-order valence-corrected chi connectivity index (χ3v) is 4.57. The van der Waals surface area contributed by atoms with Gasteiger partial charge >= 0.3 is 0 Å². The number of nitrogens with zero attached hydrogens (tertiary/aromatic N) is 3. The minimum atomic E-state index is -0.127. The SMILES string of the molecule is O=c1[nH]c(CSc2nnc(-c3ccco3)o2)nc2ccsc12. The molecular formula is C13H8N4O3S2. The van der Waals surface area contributed by atoms with Crippen molar-refractivity contribution in [1.29, 1.82) is 0 Å². The highest BCUT2D eigenvalue weighted by molar-refractivity contribution is 7.98. The number of hydrogen-bond donors (Lipinski definition) is 1. The zero-order valence-corrected chi connectivity index (χ0v) is 12.6. The van der Waals surface area contributed by atoms with Gasteiger partial charge in [-0.3, -0.25) is 4.79 Å². The van der Waals surface area contributed by atoms with Crippen LogP contribution in [0.4, 0.5) is 0 Å². The molecule has 7 nitrogen and oxygen atoms in total. The lowest BCUT2D eigenvalue weighted by molar-refractivity contribution is 0.447. The summed E-state index contributed by atoms with van der Waals surface area (Å²) in [5, 5.41) is 10.1. The molecule has 0 aliphatic rings. The van der Waals surface area contributed by atoms with Gasteiger partial charge in [-0.05, 0) is 23.6 Å². The lowest BCUT2D eigenvalue weighted by Crippen LogP contribution is -2.09. The number of thiophene rings is 1. The molecule has 0 atom stereocenters. The Labute approximate surface area is 131 Å². The fourth-order valence-corrected chi connectivity index (χ4v) is 3.25. The van der Waals surface area contributed by atoms with Gasteiger partial charge in [-0.15, -0.1) is 21.5 Å². The average molecular weight is 332 g/mol. The smallest absolute Gasteiger partial charge is 0.284 e. The zero-order valence-electron chi connectivity index (χ0n) is 11.0. The summed E-state index contributed by atoms with van der Waals surface area (Å²) in [5.74, 6) is 1.84. The number of aromatic nitrogens is 4. The van der Waals surface area contributed by atoms with E-state index < -0.39 is 0 Å². The van der Waals surface area contributed by atoms with Crippen LogP contribution in [-0.2, 0) is 5.75 Å². The van der Waals surface area contributed by atoms with Crippen molar-refractivity contribution in [1.82, 2.24) is 20.2 Å². The number of aromatic amines is 1. The highest BCUT2D eigenvalue weighted by Crippen LogP contribution is 2.25. The van der Waals surface area contributed by atoms with Crippen molar-refractivity contribution in [3.8, 4) is 11.7 Å². The highest BCUT2D eigenvalue weighted by Gasteiger charge is 2.12. The summed E-state index contributed by atoms with van der Waals surface area (Å²) in [4.78, 5) is 19.0. The fourth-order valence-electron chi connectivity index (χ4n) is 1.89. The number of fused-ring (bicyclic) bond motifs is 1. The van der Waals surface area contributed by atoms with Crippen molar-refractivity contribution in [2.75, 3.05) is 0 Å².